The normalized spacial score (nSPS) is 13.9. The van der Waals surface area contributed by atoms with Gasteiger partial charge in [-0.2, -0.15) is 0 Å². The SMILES string of the molecule is c1ccc(C2(c3ccccc3)c3ccccc3-c3c(N(c4ccc(-c5cccc6ccccc56)cc4)c4cc5c6c(c4)c4ccccc4n6-c4ccccc4C54c5ccccc5-c5ccccc54)cccc32)cc1. The van der Waals surface area contributed by atoms with E-state index in [1.165, 1.54) is 116 Å². The fourth-order valence-corrected chi connectivity index (χ4v) is 14.0. The lowest BCUT2D eigenvalue weighted by Crippen LogP contribution is -2.33. The molecule has 2 heterocycles. The van der Waals surface area contributed by atoms with Crippen LogP contribution in [0.1, 0.15) is 44.5 Å². The molecule has 0 bridgehead atoms. The van der Waals surface area contributed by atoms with Gasteiger partial charge in [0.25, 0.3) is 0 Å². The van der Waals surface area contributed by atoms with E-state index in [-0.39, 0.29) is 0 Å². The molecule has 0 unspecified atom stereocenters. The molecule has 74 heavy (non-hydrogen) atoms. The van der Waals surface area contributed by atoms with Gasteiger partial charge in [-0.05, 0) is 126 Å². The largest absolute Gasteiger partial charge is 0.310 e. The molecule has 0 amide bonds. The van der Waals surface area contributed by atoms with E-state index in [2.05, 4.69) is 289 Å². The van der Waals surface area contributed by atoms with Gasteiger partial charge in [-0.3, -0.25) is 0 Å². The highest BCUT2D eigenvalue weighted by Crippen LogP contribution is 2.63. The van der Waals surface area contributed by atoms with Gasteiger partial charge in [0.1, 0.15) is 0 Å². The van der Waals surface area contributed by atoms with Crippen LogP contribution in [-0.2, 0) is 10.8 Å². The number of benzene rings is 12. The Hall–Kier alpha value is -9.50. The van der Waals surface area contributed by atoms with Gasteiger partial charge < -0.3 is 9.47 Å². The smallest absolute Gasteiger partial charge is 0.0755 e. The highest BCUT2D eigenvalue weighted by molar-refractivity contribution is 6.15. The van der Waals surface area contributed by atoms with Gasteiger partial charge in [-0.1, -0.05) is 237 Å². The maximum atomic E-state index is 2.58. The summed E-state index contributed by atoms with van der Waals surface area (Å²) in [6.45, 7) is 0. The van der Waals surface area contributed by atoms with Gasteiger partial charge in [0, 0.05) is 27.7 Å². The molecule has 3 aliphatic rings. The number of hydrogen-bond donors (Lipinski definition) is 0. The second-order valence-electron chi connectivity index (χ2n) is 20.2. The number of hydrogen-bond acceptors (Lipinski definition) is 1. The van der Waals surface area contributed by atoms with Crippen molar-refractivity contribution in [3.05, 3.63) is 324 Å². The molecule has 13 aromatic rings. The minimum Gasteiger partial charge on any atom is -0.310 e. The number of para-hydroxylation sites is 2. The van der Waals surface area contributed by atoms with Crippen LogP contribution in [0.15, 0.2) is 279 Å². The average molecular weight is 939 g/mol. The van der Waals surface area contributed by atoms with E-state index in [9.17, 15) is 0 Å². The molecule has 2 heteroatoms. The highest BCUT2D eigenvalue weighted by Gasteiger charge is 2.52. The topological polar surface area (TPSA) is 8.17 Å². The van der Waals surface area contributed by atoms with E-state index in [0.717, 1.165) is 17.1 Å². The molecule has 344 valence electrons. The summed E-state index contributed by atoms with van der Waals surface area (Å²) in [5.41, 5.74) is 23.6. The van der Waals surface area contributed by atoms with Crippen molar-refractivity contribution in [2.24, 2.45) is 0 Å². The maximum Gasteiger partial charge on any atom is 0.0755 e. The van der Waals surface area contributed by atoms with Crippen molar-refractivity contribution in [1.82, 2.24) is 4.57 Å². The zero-order valence-corrected chi connectivity index (χ0v) is 40.5. The molecule has 0 atom stereocenters. The number of aromatic nitrogens is 1. The molecule has 2 aliphatic carbocycles. The molecule has 0 N–H and O–H groups in total. The lowest BCUT2D eigenvalue weighted by atomic mass is 9.65. The number of nitrogens with zero attached hydrogens (tertiary/aromatic N) is 2. The van der Waals surface area contributed by atoms with Gasteiger partial charge >= 0.3 is 0 Å². The first kappa shape index (κ1) is 41.2. The summed E-state index contributed by atoms with van der Waals surface area (Å²) in [6.07, 6.45) is 0. The van der Waals surface area contributed by atoms with E-state index < -0.39 is 10.8 Å². The average Bonchev–Trinajstić information content (AvgIpc) is 4.12. The molecule has 1 spiro atoms. The standard InChI is InChI=1S/C72H46N2/c1-3-23-49(24-4-1)71(50-25-5-2-6-26-50)62-35-15-11-31-58(62)69-64(71)37-20-40-68(69)73(51-43-41-48(42-44-51)54-32-19-22-47-21-7-8-27-53(47)54)52-45-59-57-30-12-17-38-66(57)74-67-39-18-16-36-63(67)72(65(46-52)70(59)74)60-33-13-9-28-55(60)56-29-10-14-34-61(56)72/h1-46H. The maximum absolute atomic E-state index is 2.58. The number of rotatable bonds is 6. The molecular formula is C72H46N2. The predicted octanol–water partition coefficient (Wildman–Crippen LogP) is 18.1. The summed E-state index contributed by atoms with van der Waals surface area (Å²) < 4.78 is 2.56. The summed E-state index contributed by atoms with van der Waals surface area (Å²) in [4.78, 5) is 2.58. The fourth-order valence-electron chi connectivity index (χ4n) is 14.0. The van der Waals surface area contributed by atoms with Crippen molar-refractivity contribution in [2.75, 3.05) is 4.90 Å². The second kappa shape index (κ2) is 15.5. The summed E-state index contributed by atoms with van der Waals surface area (Å²) >= 11 is 0. The van der Waals surface area contributed by atoms with Crippen molar-refractivity contribution in [2.45, 2.75) is 10.8 Å². The summed E-state index contributed by atoms with van der Waals surface area (Å²) in [7, 11) is 0. The Bertz CT molecular complexity index is 4340. The van der Waals surface area contributed by atoms with Crippen molar-refractivity contribution in [3.63, 3.8) is 0 Å². The van der Waals surface area contributed by atoms with Crippen molar-refractivity contribution in [1.29, 1.82) is 0 Å². The van der Waals surface area contributed by atoms with Crippen LogP contribution >= 0.6 is 0 Å². The molecule has 16 rings (SSSR count). The van der Waals surface area contributed by atoms with E-state index in [0.29, 0.717) is 0 Å². The molecule has 12 aromatic carbocycles. The lowest BCUT2D eigenvalue weighted by molar-refractivity contribution is 0.748. The molecule has 1 aliphatic heterocycles. The molecule has 1 aromatic heterocycles. The van der Waals surface area contributed by atoms with Gasteiger partial charge in [0.15, 0.2) is 0 Å². The molecule has 0 saturated heterocycles. The minimum absolute atomic E-state index is 0.567. The third-order valence-corrected chi connectivity index (χ3v) is 16.8. The second-order valence-corrected chi connectivity index (χ2v) is 20.2. The Morgan fingerprint density at radius 1 is 0.311 bits per heavy atom. The van der Waals surface area contributed by atoms with Crippen LogP contribution in [-0.4, -0.2) is 4.57 Å². The van der Waals surface area contributed by atoms with Crippen LogP contribution in [0.5, 0.6) is 0 Å². The number of anilines is 3. The molecular weight excluding hydrogens is 893 g/mol. The van der Waals surface area contributed by atoms with E-state index in [4.69, 9.17) is 0 Å². The first-order valence-corrected chi connectivity index (χ1v) is 25.8. The molecule has 0 radical (unpaired) electrons. The summed E-state index contributed by atoms with van der Waals surface area (Å²) in [5, 5.41) is 4.96. The quantitative estimate of drug-likeness (QED) is 0.161. The van der Waals surface area contributed by atoms with Gasteiger partial charge in [-0.15, -0.1) is 0 Å². The third-order valence-electron chi connectivity index (χ3n) is 16.8. The van der Waals surface area contributed by atoms with Crippen LogP contribution in [0.3, 0.4) is 0 Å². The van der Waals surface area contributed by atoms with Gasteiger partial charge in [-0.25, -0.2) is 0 Å². The first-order chi connectivity index (χ1) is 36.7. The fraction of sp³-hybridized carbons (Fsp3) is 0.0278. The van der Waals surface area contributed by atoms with E-state index in [1.807, 2.05) is 0 Å². The van der Waals surface area contributed by atoms with Crippen molar-refractivity contribution < 1.29 is 0 Å². The van der Waals surface area contributed by atoms with Crippen LogP contribution in [0.4, 0.5) is 17.1 Å². The number of fused-ring (bicyclic) bond motifs is 16. The Balaban J connectivity index is 1.04. The van der Waals surface area contributed by atoms with Gasteiger partial charge in [0.05, 0.1) is 33.2 Å². The third kappa shape index (κ3) is 5.33. The van der Waals surface area contributed by atoms with Crippen molar-refractivity contribution in [3.8, 4) is 39.1 Å². The minimum atomic E-state index is -0.604. The van der Waals surface area contributed by atoms with Crippen LogP contribution in [0.25, 0.3) is 71.6 Å². The molecule has 0 fully saturated rings. The zero-order chi connectivity index (χ0) is 48.5. The highest BCUT2D eigenvalue weighted by atomic mass is 15.1. The zero-order valence-electron chi connectivity index (χ0n) is 40.5. The Labute approximate surface area is 430 Å². The Kier molecular flexibility index (Phi) is 8.62. The van der Waals surface area contributed by atoms with Crippen LogP contribution in [0, 0.1) is 0 Å². The Morgan fingerprint density at radius 2 is 0.838 bits per heavy atom. The molecule has 2 nitrogen and oxygen atoms in total. The monoisotopic (exact) mass is 938 g/mol. The van der Waals surface area contributed by atoms with E-state index >= 15 is 0 Å². The van der Waals surface area contributed by atoms with Crippen LogP contribution < -0.4 is 4.90 Å². The van der Waals surface area contributed by atoms with E-state index in [1.54, 1.807) is 0 Å². The first-order valence-electron chi connectivity index (χ1n) is 25.8. The summed E-state index contributed by atoms with van der Waals surface area (Å²) in [6, 6.07) is 105. The van der Waals surface area contributed by atoms with Crippen LogP contribution in [0.2, 0.25) is 0 Å². The molecule has 0 saturated carbocycles. The summed E-state index contributed by atoms with van der Waals surface area (Å²) in [5.74, 6) is 0. The van der Waals surface area contributed by atoms with Gasteiger partial charge in [0.2, 0.25) is 0 Å². The lowest BCUT2D eigenvalue weighted by Gasteiger charge is -2.40. The Morgan fingerprint density at radius 3 is 1.55 bits per heavy atom. The predicted molar refractivity (Wildman–Crippen MR) is 307 cm³/mol. The van der Waals surface area contributed by atoms with Crippen molar-refractivity contribution >= 4 is 49.6 Å².